The number of methoxy groups -OCH3 is 1. The minimum atomic E-state index is -2.20. The molecule has 0 aliphatic rings. The summed E-state index contributed by atoms with van der Waals surface area (Å²) >= 11 is 0. The molecule has 0 aliphatic carbocycles. The van der Waals surface area contributed by atoms with Gasteiger partial charge in [-0.25, -0.2) is 0 Å². The van der Waals surface area contributed by atoms with Crippen LogP contribution >= 0.6 is 0 Å². The number of allylic oxidation sites excluding steroid dienone is 2. The molecule has 424 valence electrons. The smallest absolute Gasteiger partial charge is 0.192 e. The van der Waals surface area contributed by atoms with Crippen LogP contribution in [0.3, 0.4) is 0 Å². The molecule has 11 heteroatoms. The Hall–Kier alpha value is -1.39. The lowest BCUT2D eigenvalue weighted by Crippen LogP contribution is -2.48. The zero-order valence-electron chi connectivity index (χ0n) is 52.5. The van der Waals surface area contributed by atoms with Crippen LogP contribution in [0.1, 0.15) is 156 Å². The zero-order chi connectivity index (χ0) is 56.8. The van der Waals surface area contributed by atoms with Gasteiger partial charge in [0.05, 0.1) is 50.8 Å². The molecule has 0 radical (unpaired) electrons. The van der Waals surface area contributed by atoms with E-state index in [0.29, 0.717) is 18.4 Å². The number of hydrogen-bond acceptors (Lipinski definition) is 7. The molecule has 0 spiro atoms. The second-order valence-electron chi connectivity index (χ2n) is 28.4. The summed E-state index contributed by atoms with van der Waals surface area (Å²) in [4.78, 5) is 0. The summed E-state index contributed by atoms with van der Waals surface area (Å²) in [6, 6.07) is 8.21. The number of hydrogen-bond donors (Lipinski definition) is 1. The third-order valence-corrected chi connectivity index (χ3v) is 35.8. The maximum atomic E-state index is 9.80. The first kappa shape index (κ1) is 69.6. The minimum absolute atomic E-state index is 0.0181. The molecule has 1 aromatic rings. The molecule has 1 N–H and O–H groups in total. The first-order valence-corrected chi connectivity index (χ1v) is 39.9. The topological polar surface area (TPSA) is 75.6 Å². The van der Waals surface area contributed by atoms with Crippen molar-refractivity contribution in [2.75, 3.05) is 13.7 Å². The molecular formula is C62H118O7Si4. The Labute approximate surface area is 457 Å². The van der Waals surface area contributed by atoms with Gasteiger partial charge in [-0.2, -0.15) is 0 Å². The highest BCUT2D eigenvalue weighted by Gasteiger charge is 2.45. The number of aliphatic hydroxyl groups is 1. The molecule has 0 saturated heterocycles. The van der Waals surface area contributed by atoms with Gasteiger partial charge in [0.1, 0.15) is 5.75 Å². The number of rotatable bonds is 31. The van der Waals surface area contributed by atoms with Gasteiger partial charge in [0, 0.05) is 18.3 Å². The van der Waals surface area contributed by atoms with Crippen molar-refractivity contribution in [3.05, 3.63) is 78.9 Å². The highest BCUT2D eigenvalue weighted by atomic mass is 28.4. The van der Waals surface area contributed by atoms with Crippen molar-refractivity contribution in [2.24, 2.45) is 35.5 Å². The van der Waals surface area contributed by atoms with Crippen LogP contribution in [-0.4, -0.2) is 82.6 Å². The molecule has 0 heterocycles. The van der Waals surface area contributed by atoms with Crippen molar-refractivity contribution in [3.63, 3.8) is 0 Å². The van der Waals surface area contributed by atoms with Crippen LogP contribution < -0.4 is 4.74 Å². The van der Waals surface area contributed by atoms with E-state index in [-0.39, 0.29) is 81.0 Å². The first-order valence-electron chi connectivity index (χ1n) is 28.3. The summed E-state index contributed by atoms with van der Waals surface area (Å²) in [5.41, 5.74) is 1.13. The maximum absolute atomic E-state index is 9.80. The van der Waals surface area contributed by atoms with Gasteiger partial charge in [-0.3, -0.25) is 0 Å². The summed E-state index contributed by atoms with van der Waals surface area (Å²) in [6.07, 6.45) is 18.5. The molecule has 0 fully saturated rings. The van der Waals surface area contributed by atoms with E-state index < -0.39 is 33.3 Å². The van der Waals surface area contributed by atoms with E-state index in [0.717, 1.165) is 37.0 Å². The Balaban J connectivity index is 3.78. The quantitative estimate of drug-likeness (QED) is 0.0451. The van der Waals surface area contributed by atoms with Crippen molar-refractivity contribution >= 4 is 33.3 Å². The first-order chi connectivity index (χ1) is 33.1. The fourth-order valence-corrected chi connectivity index (χ4v) is 14.2. The van der Waals surface area contributed by atoms with E-state index in [1.54, 1.807) is 7.11 Å². The molecular weight excluding hydrogens is 969 g/mol. The van der Waals surface area contributed by atoms with Gasteiger partial charge in [-0.15, -0.1) is 0 Å². The Morgan fingerprint density at radius 1 is 0.548 bits per heavy atom. The number of benzene rings is 1. The Kier molecular flexibility index (Phi) is 27.7. The monoisotopic (exact) mass is 1090 g/mol. The van der Waals surface area contributed by atoms with E-state index in [9.17, 15) is 5.11 Å². The van der Waals surface area contributed by atoms with Gasteiger partial charge in [-0.1, -0.05) is 186 Å². The van der Waals surface area contributed by atoms with E-state index in [4.69, 9.17) is 27.2 Å². The summed E-state index contributed by atoms with van der Waals surface area (Å²) in [6.45, 7) is 65.6. The molecule has 73 heavy (non-hydrogen) atoms. The Bertz CT molecular complexity index is 1830. The molecule has 7 nitrogen and oxygen atoms in total. The van der Waals surface area contributed by atoms with Crippen molar-refractivity contribution in [2.45, 2.75) is 260 Å². The van der Waals surface area contributed by atoms with Gasteiger partial charge >= 0.3 is 0 Å². The second-order valence-corrected chi connectivity index (χ2v) is 47.4. The fourth-order valence-electron chi connectivity index (χ4n) is 8.53. The van der Waals surface area contributed by atoms with Gasteiger partial charge in [-0.05, 0) is 133 Å². The Morgan fingerprint density at radius 2 is 1.01 bits per heavy atom. The lowest BCUT2D eigenvalue weighted by Gasteiger charge is -2.44. The molecule has 0 bridgehead atoms. The maximum Gasteiger partial charge on any atom is 0.192 e. The van der Waals surface area contributed by atoms with Crippen LogP contribution in [0.25, 0.3) is 0 Å². The van der Waals surface area contributed by atoms with Crippen LogP contribution in [0, 0.1) is 35.5 Å². The van der Waals surface area contributed by atoms with E-state index in [1.165, 1.54) is 0 Å². The number of ether oxygens (including phenoxy) is 2. The molecule has 0 unspecified atom stereocenters. The second kappa shape index (κ2) is 29.0. The van der Waals surface area contributed by atoms with Gasteiger partial charge in [0.2, 0.25) is 0 Å². The number of aliphatic hydroxyl groups excluding tert-OH is 1. The zero-order valence-corrected chi connectivity index (χ0v) is 56.5. The molecule has 1 aromatic carbocycles. The Morgan fingerprint density at radius 3 is 1.48 bits per heavy atom. The highest BCUT2D eigenvalue weighted by Crippen LogP contribution is 2.44. The third kappa shape index (κ3) is 22.5. The SMILES string of the molecule is C=C/C=C\[C@H](C)[C@H](OCc1ccc(OC)cc1)[C@@H](C)[C@@H](CC[C@H](C)C[C@H](C)[C@@H](O[Si](C)(C)C(C)(C)C)[C@@H](C)/C=C\[C@H](C[C@H](O[Si](C)(C)C(C)(C)C)[C@H](C)/C=C/CO)O[Si](C)(C)C(C)(C)C)O[Si](C)(C)C(C)(C)C. The van der Waals surface area contributed by atoms with Crippen LogP contribution in [0.15, 0.2) is 73.4 Å². The normalized spacial score (nSPS) is 18.8. The fraction of sp³-hybridized carbons (Fsp3) is 0.774. The van der Waals surface area contributed by atoms with Crippen molar-refractivity contribution in [1.82, 2.24) is 0 Å². The van der Waals surface area contributed by atoms with E-state index >= 15 is 0 Å². The molecule has 0 aromatic heterocycles. The molecule has 0 saturated carbocycles. The predicted molar refractivity (Wildman–Crippen MR) is 328 cm³/mol. The standard InChI is InChI=1S/C62H118O7Si4/c1-29-30-32-48(4)58(65-45-52-36-39-53(64-20)40-37-52)51(7)55(67-71(23,24)60(11,12)13)41-34-46(2)43-50(6)57(69-73(27,28)62(17,18)19)49(5)35-38-54(66-70(21,22)59(8,9)10)44-56(47(3)33-31-42-63)68-72(25,26)61(14,15)16/h29-33,35-40,46-51,54-58,63H,1,34,41-45H2,2-28H3/b32-30-,33-31+,38-35-/t46-,47+,48-,49-,50-,51-,54+,55+,56-,57-,58-/m0/s1. The third-order valence-electron chi connectivity index (χ3n) is 17.8. The highest BCUT2D eigenvalue weighted by molar-refractivity contribution is 6.75. The largest absolute Gasteiger partial charge is 0.497 e. The van der Waals surface area contributed by atoms with Crippen molar-refractivity contribution in [1.29, 1.82) is 0 Å². The van der Waals surface area contributed by atoms with Gasteiger partial charge in [0.15, 0.2) is 33.3 Å². The summed E-state index contributed by atoms with van der Waals surface area (Å²) in [7, 11) is -6.98. The predicted octanol–water partition coefficient (Wildman–Crippen LogP) is 18.4. The molecule has 0 amide bonds. The summed E-state index contributed by atoms with van der Waals surface area (Å²) in [5, 5.41) is 10.0. The average molecular weight is 1090 g/mol. The molecule has 0 aliphatic heterocycles. The van der Waals surface area contributed by atoms with Crippen LogP contribution in [0.2, 0.25) is 72.5 Å². The average Bonchev–Trinajstić information content (AvgIpc) is 3.25. The van der Waals surface area contributed by atoms with Crippen molar-refractivity contribution in [3.8, 4) is 5.75 Å². The molecule has 1 rings (SSSR count). The lowest BCUT2D eigenvalue weighted by atomic mass is 9.82. The van der Waals surface area contributed by atoms with E-state index in [1.807, 2.05) is 24.3 Å². The van der Waals surface area contributed by atoms with Crippen molar-refractivity contribution < 1.29 is 32.3 Å². The summed E-state index contributed by atoms with van der Waals surface area (Å²) in [5.74, 6) is 2.16. The van der Waals surface area contributed by atoms with Crippen LogP contribution in [0.4, 0.5) is 0 Å². The minimum Gasteiger partial charge on any atom is -0.497 e. The van der Waals surface area contributed by atoms with Gasteiger partial charge in [0.25, 0.3) is 0 Å². The van der Waals surface area contributed by atoms with Gasteiger partial charge < -0.3 is 32.3 Å². The lowest BCUT2D eigenvalue weighted by molar-refractivity contribution is -0.0551. The summed E-state index contributed by atoms with van der Waals surface area (Å²) < 4.78 is 42.1. The molecule has 11 atom stereocenters. The van der Waals surface area contributed by atoms with Crippen LogP contribution in [0.5, 0.6) is 5.75 Å². The van der Waals surface area contributed by atoms with E-state index in [2.05, 4.69) is 226 Å². The van der Waals surface area contributed by atoms with Crippen LogP contribution in [-0.2, 0) is 29.0 Å².